The van der Waals surface area contributed by atoms with Gasteiger partial charge in [-0.3, -0.25) is 9.89 Å². The van der Waals surface area contributed by atoms with E-state index in [9.17, 15) is 4.79 Å². The van der Waals surface area contributed by atoms with E-state index in [2.05, 4.69) is 10.1 Å². The number of aromatic amines is 1. The topological polar surface area (TPSA) is 50.7 Å². The highest BCUT2D eigenvalue weighted by atomic mass is 16.1. The van der Waals surface area contributed by atoms with Crippen LogP contribution < -0.4 is 5.56 Å². The molecule has 2 aromatic rings. The quantitative estimate of drug-likeness (QED) is 0.763. The van der Waals surface area contributed by atoms with E-state index < -0.39 is 0 Å². The lowest BCUT2D eigenvalue weighted by molar-refractivity contribution is 0.804. The van der Waals surface area contributed by atoms with Crippen molar-refractivity contribution < 1.29 is 0 Å². The first kappa shape index (κ1) is 9.71. The van der Waals surface area contributed by atoms with Crippen molar-refractivity contribution in [2.24, 2.45) is 0 Å². The molecular formula is C11H13N3O. The van der Waals surface area contributed by atoms with Crippen molar-refractivity contribution in [1.82, 2.24) is 14.8 Å². The summed E-state index contributed by atoms with van der Waals surface area (Å²) in [5.41, 5.74) is 2.52. The Morgan fingerprint density at radius 3 is 2.53 bits per heavy atom. The molecule has 0 saturated carbocycles. The molecule has 0 amide bonds. The summed E-state index contributed by atoms with van der Waals surface area (Å²) in [4.78, 5) is 16.1. The summed E-state index contributed by atoms with van der Waals surface area (Å²) in [6, 6.07) is 3.89. The lowest BCUT2D eigenvalue weighted by Crippen LogP contribution is -2.18. The zero-order valence-corrected chi connectivity index (χ0v) is 9.03. The van der Waals surface area contributed by atoms with Gasteiger partial charge in [-0.05, 0) is 32.4 Å². The number of nitrogens with zero attached hydrogens (tertiary/aromatic N) is 2. The van der Waals surface area contributed by atoms with Crippen molar-refractivity contribution in [3.05, 3.63) is 45.5 Å². The number of pyridine rings is 1. The standard InChI is InChI=1S/C11H13N3O/c1-7-4-5-9(3)13-10(7)14-11(15)8(2)6-12-14/h4-6,12H,1-3H3. The van der Waals surface area contributed by atoms with Crippen molar-refractivity contribution in [3.63, 3.8) is 0 Å². The largest absolute Gasteiger partial charge is 0.297 e. The highest BCUT2D eigenvalue weighted by Gasteiger charge is 2.07. The summed E-state index contributed by atoms with van der Waals surface area (Å²) in [6.45, 7) is 5.62. The average molecular weight is 203 g/mol. The van der Waals surface area contributed by atoms with Crippen LogP contribution in [0, 0.1) is 20.8 Å². The smallest absolute Gasteiger partial charge is 0.275 e. The maximum absolute atomic E-state index is 11.7. The van der Waals surface area contributed by atoms with E-state index in [1.54, 1.807) is 13.1 Å². The zero-order chi connectivity index (χ0) is 11.0. The lowest BCUT2D eigenvalue weighted by Gasteiger charge is -2.05. The molecule has 2 heterocycles. The van der Waals surface area contributed by atoms with E-state index in [4.69, 9.17) is 0 Å². The fourth-order valence-corrected chi connectivity index (χ4v) is 1.45. The zero-order valence-electron chi connectivity index (χ0n) is 9.03. The summed E-state index contributed by atoms with van der Waals surface area (Å²) in [5.74, 6) is 0.674. The molecule has 0 fully saturated rings. The van der Waals surface area contributed by atoms with Gasteiger partial charge in [0, 0.05) is 17.5 Å². The first-order chi connectivity index (χ1) is 7.09. The van der Waals surface area contributed by atoms with Crippen molar-refractivity contribution in [2.75, 3.05) is 0 Å². The molecule has 0 saturated heterocycles. The Labute approximate surface area is 87.6 Å². The summed E-state index contributed by atoms with van der Waals surface area (Å²) in [6.07, 6.45) is 1.69. The molecule has 1 N–H and O–H groups in total. The van der Waals surface area contributed by atoms with Gasteiger partial charge in [-0.1, -0.05) is 6.07 Å². The van der Waals surface area contributed by atoms with Gasteiger partial charge < -0.3 is 0 Å². The first-order valence-electron chi connectivity index (χ1n) is 4.81. The molecule has 2 aromatic heterocycles. The summed E-state index contributed by atoms with van der Waals surface area (Å²) < 4.78 is 1.47. The minimum absolute atomic E-state index is 0.0452. The van der Waals surface area contributed by atoms with Crippen LogP contribution in [0.4, 0.5) is 0 Å². The Bertz CT molecular complexity index is 551. The Hall–Kier alpha value is -1.84. The lowest BCUT2D eigenvalue weighted by atomic mass is 10.2. The van der Waals surface area contributed by atoms with Crippen LogP contribution in [0.3, 0.4) is 0 Å². The fraction of sp³-hybridized carbons (Fsp3) is 0.273. The normalized spacial score (nSPS) is 10.6. The Morgan fingerprint density at radius 1 is 1.20 bits per heavy atom. The second-order valence-corrected chi connectivity index (χ2v) is 3.69. The molecule has 0 aliphatic rings. The van der Waals surface area contributed by atoms with Crippen LogP contribution in [-0.2, 0) is 0 Å². The average Bonchev–Trinajstić information content (AvgIpc) is 2.52. The number of nitrogens with one attached hydrogen (secondary N) is 1. The molecule has 0 unspecified atom stereocenters. The van der Waals surface area contributed by atoms with Crippen LogP contribution in [0.1, 0.15) is 16.8 Å². The van der Waals surface area contributed by atoms with E-state index in [0.29, 0.717) is 11.4 Å². The third-order valence-electron chi connectivity index (χ3n) is 2.37. The molecule has 15 heavy (non-hydrogen) atoms. The molecular weight excluding hydrogens is 190 g/mol. The number of aromatic nitrogens is 3. The molecule has 78 valence electrons. The third-order valence-corrected chi connectivity index (χ3v) is 2.37. The van der Waals surface area contributed by atoms with E-state index in [-0.39, 0.29) is 5.56 Å². The second kappa shape index (κ2) is 3.38. The molecule has 0 aliphatic carbocycles. The second-order valence-electron chi connectivity index (χ2n) is 3.69. The van der Waals surface area contributed by atoms with Gasteiger partial charge in [0.05, 0.1) is 0 Å². The molecule has 0 bridgehead atoms. The molecule has 0 aromatic carbocycles. The molecule has 0 spiro atoms. The third kappa shape index (κ3) is 1.58. The van der Waals surface area contributed by atoms with Gasteiger partial charge in [-0.15, -0.1) is 0 Å². The molecule has 0 aliphatic heterocycles. The van der Waals surface area contributed by atoms with Crippen LogP contribution in [0.2, 0.25) is 0 Å². The maximum atomic E-state index is 11.7. The molecule has 0 radical (unpaired) electrons. The van der Waals surface area contributed by atoms with Gasteiger partial charge in [0.2, 0.25) is 0 Å². The predicted molar refractivity (Wildman–Crippen MR) is 58.4 cm³/mol. The van der Waals surface area contributed by atoms with Gasteiger partial charge in [0.15, 0.2) is 5.82 Å². The summed E-state index contributed by atoms with van der Waals surface area (Å²) in [7, 11) is 0. The summed E-state index contributed by atoms with van der Waals surface area (Å²) >= 11 is 0. The van der Waals surface area contributed by atoms with Crippen LogP contribution in [0.15, 0.2) is 23.1 Å². The number of H-pyrrole nitrogens is 1. The Balaban J connectivity index is 2.69. The number of hydrogen-bond acceptors (Lipinski definition) is 2. The number of aryl methyl sites for hydroxylation is 3. The number of hydrogen-bond donors (Lipinski definition) is 1. The van der Waals surface area contributed by atoms with E-state index in [0.717, 1.165) is 11.3 Å². The van der Waals surface area contributed by atoms with Gasteiger partial charge in [-0.25, -0.2) is 9.67 Å². The van der Waals surface area contributed by atoms with Crippen molar-refractivity contribution in [2.45, 2.75) is 20.8 Å². The van der Waals surface area contributed by atoms with Crippen molar-refractivity contribution in [3.8, 4) is 5.82 Å². The minimum Gasteiger partial charge on any atom is -0.297 e. The van der Waals surface area contributed by atoms with Crippen LogP contribution in [-0.4, -0.2) is 14.8 Å². The molecule has 4 nitrogen and oxygen atoms in total. The number of rotatable bonds is 1. The van der Waals surface area contributed by atoms with Crippen LogP contribution in [0.5, 0.6) is 0 Å². The van der Waals surface area contributed by atoms with Gasteiger partial charge in [0.1, 0.15) is 0 Å². The van der Waals surface area contributed by atoms with E-state index >= 15 is 0 Å². The van der Waals surface area contributed by atoms with Gasteiger partial charge in [-0.2, -0.15) is 0 Å². The first-order valence-corrected chi connectivity index (χ1v) is 4.81. The van der Waals surface area contributed by atoms with Crippen molar-refractivity contribution >= 4 is 0 Å². The van der Waals surface area contributed by atoms with Crippen LogP contribution in [0.25, 0.3) is 5.82 Å². The summed E-state index contributed by atoms with van der Waals surface area (Å²) in [5, 5.41) is 2.90. The minimum atomic E-state index is -0.0452. The van der Waals surface area contributed by atoms with Gasteiger partial charge in [0.25, 0.3) is 5.56 Å². The highest BCUT2D eigenvalue weighted by molar-refractivity contribution is 5.33. The Kier molecular flexibility index (Phi) is 2.19. The van der Waals surface area contributed by atoms with Gasteiger partial charge >= 0.3 is 0 Å². The van der Waals surface area contributed by atoms with E-state index in [1.807, 2.05) is 26.0 Å². The van der Waals surface area contributed by atoms with E-state index in [1.165, 1.54) is 4.68 Å². The molecule has 4 heteroatoms. The SMILES string of the molecule is Cc1ccc(C)c(-n2[nH]cc(C)c2=O)n1. The maximum Gasteiger partial charge on any atom is 0.275 e. The van der Waals surface area contributed by atoms with Crippen molar-refractivity contribution in [1.29, 1.82) is 0 Å². The Morgan fingerprint density at radius 2 is 1.93 bits per heavy atom. The predicted octanol–water partition coefficient (Wildman–Crippen LogP) is 1.49. The van der Waals surface area contributed by atoms with Crippen LogP contribution >= 0.6 is 0 Å². The molecule has 0 atom stereocenters. The monoisotopic (exact) mass is 203 g/mol. The highest BCUT2D eigenvalue weighted by Crippen LogP contribution is 2.08. The fourth-order valence-electron chi connectivity index (χ4n) is 1.45. The molecule has 2 rings (SSSR count).